The maximum Gasteiger partial charge on any atom is 0.315 e. The Balaban J connectivity index is 1.60. The Labute approximate surface area is 145 Å². The number of urea groups is 1. The highest BCUT2D eigenvalue weighted by molar-refractivity contribution is 7.10. The second-order valence-electron chi connectivity index (χ2n) is 6.47. The summed E-state index contributed by atoms with van der Waals surface area (Å²) >= 11 is 1.77. The summed E-state index contributed by atoms with van der Waals surface area (Å²) in [6.07, 6.45) is 8.09. The fourth-order valence-corrected chi connectivity index (χ4v) is 4.44. The van der Waals surface area contributed by atoms with Crippen molar-refractivity contribution in [2.75, 3.05) is 13.2 Å². The zero-order valence-electron chi connectivity index (χ0n) is 13.9. The van der Waals surface area contributed by atoms with E-state index in [-0.39, 0.29) is 18.1 Å². The van der Waals surface area contributed by atoms with Crippen LogP contribution in [-0.2, 0) is 12.5 Å². The number of rotatable bonds is 6. The van der Waals surface area contributed by atoms with E-state index in [1.807, 2.05) is 7.05 Å². The molecule has 130 valence electrons. The van der Waals surface area contributed by atoms with Crippen LogP contribution < -0.4 is 10.6 Å². The zero-order chi connectivity index (χ0) is 17.0. The topological polar surface area (TPSA) is 79.2 Å². The molecule has 7 heteroatoms. The lowest BCUT2D eigenvalue weighted by atomic mass is 9.84. The van der Waals surface area contributed by atoms with Gasteiger partial charge >= 0.3 is 6.03 Å². The van der Waals surface area contributed by atoms with Gasteiger partial charge in [0.2, 0.25) is 0 Å². The fourth-order valence-electron chi connectivity index (χ4n) is 3.46. The number of hydrogen-bond acceptors (Lipinski definition) is 4. The molecule has 1 atom stereocenters. The molecule has 0 bridgehead atoms. The summed E-state index contributed by atoms with van der Waals surface area (Å²) < 4.78 is 1.65. The number of nitrogens with one attached hydrogen (secondary N) is 2. The lowest BCUT2D eigenvalue weighted by molar-refractivity contribution is 0.214. The summed E-state index contributed by atoms with van der Waals surface area (Å²) in [4.78, 5) is 13.7. The Hall–Kier alpha value is -1.86. The number of amides is 2. The molecule has 0 radical (unpaired) electrons. The average molecular weight is 348 g/mol. The zero-order valence-corrected chi connectivity index (χ0v) is 14.7. The van der Waals surface area contributed by atoms with E-state index in [0.717, 1.165) is 18.4 Å². The molecule has 1 aliphatic carbocycles. The number of thiophene rings is 1. The number of aromatic nitrogens is 2. The predicted molar refractivity (Wildman–Crippen MR) is 94.0 cm³/mol. The highest BCUT2D eigenvalue weighted by Crippen LogP contribution is 2.42. The second kappa shape index (κ2) is 7.36. The first-order chi connectivity index (χ1) is 11.6. The molecule has 2 amide bonds. The summed E-state index contributed by atoms with van der Waals surface area (Å²) in [7, 11) is 1.81. The smallest absolute Gasteiger partial charge is 0.315 e. The molecule has 24 heavy (non-hydrogen) atoms. The van der Waals surface area contributed by atoms with E-state index in [1.165, 1.54) is 17.7 Å². The molecule has 0 unspecified atom stereocenters. The number of aliphatic hydroxyl groups is 1. The van der Waals surface area contributed by atoms with Crippen LogP contribution in [0.2, 0.25) is 0 Å². The Kier molecular flexibility index (Phi) is 5.20. The normalized spacial score (nSPS) is 17.6. The van der Waals surface area contributed by atoms with E-state index in [9.17, 15) is 9.90 Å². The van der Waals surface area contributed by atoms with E-state index in [0.29, 0.717) is 6.54 Å². The van der Waals surface area contributed by atoms with Crippen LogP contribution in [0.5, 0.6) is 0 Å². The SMILES string of the molecule is Cn1cc([C@H](CO)NC(=O)NCC2(c3cccs3)CCCC2)cn1. The van der Waals surface area contributed by atoms with Crippen molar-refractivity contribution in [1.82, 2.24) is 20.4 Å². The number of carbonyl (C=O) groups is 1. The van der Waals surface area contributed by atoms with Gasteiger partial charge in [0.25, 0.3) is 0 Å². The van der Waals surface area contributed by atoms with Crippen LogP contribution in [0.3, 0.4) is 0 Å². The number of aliphatic hydroxyl groups excluding tert-OH is 1. The van der Waals surface area contributed by atoms with Crippen LogP contribution >= 0.6 is 11.3 Å². The molecule has 0 spiro atoms. The maximum atomic E-state index is 12.3. The summed E-state index contributed by atoms with van der Waals surface area (Å²) in [6.45, 7) is 0.472. The monoisotopic (exact) mass is 348 g/mol. The van der Waals surface area contributed by atoms with Crippen LogP contribution in [0.25, 0.3) is 0 Å². The van der Waals surface area contributed by atoms with Crippen LogP contribution in [0.1, 0.15) is 42.2 Å². The van der Waals surface area contributed by atoms with Crippen molar-refractivity contribution in [3.05, 3.63) is 40.3 Å². The molecular weight excluding hydrogens is 324 g/mol. The molecule has 0 aliphatic heterocycles. The minimum atomic E-state index is -0.444. The van der Waals surface area contributed by atoms with E-state index in [1.54, 1.807) is 28.4 Å². The molecule has 2 aromatic rings. The van der Waals surface area contributed by atoms with Crippen molar-refractivity contribution < 1.29 is 9.90 Å². The molecule has 1 saturated carbocycles. The first-order valence-corrected chi connectivity index (χ1v) is 9.19. The van der Waals surface area contributed by atoms with E-state index < -0.39 is 6.04 Å². The van der Waals surface area contributed by atoms with E-state index in [4.69, 9.17) is 0 Å². The van der Waals surface area contributed by atoms with Crippen LogP contribution in [0.4, 0.5) is 4.79 Å². The fraction of sp³-hybridized carbons (Fsp3) is 0.529. The van der Waals surface area contributed by atoms with E-state index >= 15 is 0 Å². The molecule has 0 saturated heterocycles. The van der Waals surface area contributed by atoms with Crippen LogP contribution in [0.15, 0.2) is 29.9 Å². The van der Waals surface area contributed by atoms with Gasteiger partial charge in [0.1, 0.15) is 0 Å². The minimum absolute atomic E-state index is 0.0640. The Bertz CT molecular complexity index is 662. The van der Waals surface area contributed by atoms with Gasteiger partial charge in [0.05, 0.1) is 18.8 Å². The largest absolute Gasteiger partial charge is 0.394 e. The average Bonchev–Trinajstić information content (AvgIpc) is 3.31. The molecule has 3 rings (SSSR count). The van der Waals surface area contributed by atoms with Crippen molar-refractivity contribution in [1.29, 1.82) is 0 Å². The van der Waals surface area contributed by atoms with Crippen molar-refractivity contribution in [3.8, 4) is 0 Å². The molecule has 2 heterocycles. The van der Waals surface area contributed by atoms with Crippen molar-refractivity contribution in [3.63, 3.8) is 0 Å². The van der Waals surface area contributed by atoms with Gasteiger partial charge in [-0.3, -0.25) is 4.68 Å². The van der Waals surface area contributed by atoms with Gasteiger partial charge in [-0.15, -0.1) is 11.3 Å². The summed E-state index contributed by atoms with van der Waals surface area (Å²) in [6, 6.07) is 3.55. The molecule has 1 fully saturated rings. The molecular formula is C17H24N4O2S. The number of nitrogens with zero attached hydrogens (tertiary/aromatic N) is 2. The van der Waals surface area contributed by atoms with Crippen LogP contribution in [0, 0.1) is 0 Å². The summed E-state index contributed by atoms with van der Waals surface area (Å²) in [5.41, 5.74) is 0.859. The minimum Gasteiger partial charge on any atom is -0.394 e. The third kappa shape index (κ3) is 3.62. The molecule has 0 aromatic carbocycles. The van der Waals surface area contributed by atoms with Crippen molar-refractivity contribution >= 4 is 17.4 Å². The van der Waals surface area contributed by atoms with Crippen molar-refractivity contribution in [2.45, 2.75) is 37.1 Å². The molecule has 6 nitrogen and oxygen atoms in total. The quantitative estimate of drug-likeness (QED) is 0.750. The van der Waals surface area contributed by atoms with Crippen molar-refractivity contribution in [2.24, 2.45) is 7.05 Å². The summed E-state index contributed by atoms with van der Waals surface area (Å²) in [5.74, 6) is 0. The lowest BCUT2D eigenvalue weighted by Gasteiger charge is -2.28. The first kappa shape index (κ1) is 17.0. The molecule has 3 N–H and O–H groups in total. The van der Waals surface area contributed by atoms with Gasteiger partial charge in [-0.05, 0) is 24.3 Å². The van der Waals surface area contributed by atoms with E-state index in [2.05, 4.69) is 33.2 Å². The Morgan fingerprint density at radius 3 is 2.88 bits per heavy atom. The first-order valence-electron chi connectivity index (χ1n) is 8.31. The Morgan fingerprint density at radius 2 is 2.29 bits per heavy atom. The van der Waals surface area contributed by atoms with Gasteiger partial charge in [0.15, 0.2) is 0 Å². The number of aryl methyl sites for hydroxylation is 1. The Morgan fingerprint density at radius 1 is 1.50 bits per heavy atom. The third-order valence-electron chi connectivity index (χ3n) is 4.81. The lowest BCUT2D eigenvalue weighted by Crippen LogP contribution is -2.45. The predicted octanol–water partition coefficient (Wildman–Crippen LogP) is 2.33. The van der Waals surface area contributed by atoms with Gasteiger partial charge in [0, 0.05) is 35.6 Å². The maximum absolute atomic E-state index is 12.3. The van der Waals surface area contributed by atoms with Gasteiger partial charge in [-0.2, -0.15) is 5.10 Å². The number of hydrogen-bond donors (Lipinski definition) is 3. The van der Waals surface area contributed by atoms with Crippen LogP contribution in [-0.4, -0.2) is 34.1 Å². The van der Waals surface area contributed by atoms with Gasteiger partial charge in [-0.1, -0.05) is 18.9 Å². The van der Waals surface area contributed by atoms with Gasteiger partial charge < -0.3 is 15.7 Å². The molecule has 1 aliphatic rings. The summed E-state index contributed by atoms with van der Waals surface area (Å²) in [5, 5.41) is 21.6. The highest BCUT2D eigenvalue weighted by Gasteiger charge is 2.36. The molecule has 2 aromatic heterocycles. The number of carbonyl (C=O) groups excluding carboxylic acids is 1. The highest BCUT2D eigenvalue weighted by atomic mass is 32.1. The third-order valence-corrected chi connectivity index (χ3v) is 5.92. The standard InChI is InChI=1S/C17H24N4O2S/c1-21-10-13(9-19-21)14(11-22)20-16(23)18-12-17(6-2-3-7-17)15-5-4-8-24-15/h4-5,8-10,14,22H,2-3,6-7,11-12H2,1H3,(H2,18,20,23)/t14-/m0/s1. The van der Waals surface area contributed by atoms with Gasteiger partial charge in [-0.25, -0.2) is 4.79 Å². The second-order valence-corrected chi connectivity index (χ2v) is 7.42.